The molecule has 2 aromatic rings. The van der Waals surface area contributed by atoms with Crippen LogP contribution in [0.2, 0.25) is 0 Å². The molecule has 0 saturated heterocycles. The lowest BCUT2D eigenvalue weighted by Gasteiger charge is -2.03. The molecule has 98 valence electrons. The van der Waals surface area contributed by atoms with E-state index in [-0.39, 0.29) is 4.90 Å². The van der Waals surface area contributed by atoms with Crippen LogP contribution in [-0.2, 0) is 16.6 Å². The summed E-state index contributed by atoms with van der Waals surface area (Å²) in [7, 11) is -1.80. The highest BCUT2D eigenvalue weighted by atomic mass is 32.2. The standard InChI is InChI=1S/C11H14N2O3S2/c1-8-11(5-10(16-8)6-12-2)18(14,15)13-9-3-4-17-7-9/h3-5,7,12-13H,6H2,1-2H3. The molecule has 0 fully saturated rings. The van der Waals surface area contributed by atoms with Gasteiger partial charge in [-0.25, -0.2) is 8.42 Å². The van der Waals surface area contributed by atoms with E-state index in [0.29, 0.717) is 23.8 Å². The fourth-order valence-corrected chi connectivity index (χ4v) is 3.50. The first-order valence-corrected chi connectivity index (χ1v) is 7.74. The van der Waals surface area contributed by atoms with Crippen molar-refractivity contribution in [1.82, 2.24) is 5.32 Å². The van der Waals surface area contributed by atoms with E-state index in [1.54, 1.807) is 31.5 Å². The average Bonchev–Trinajstić information content (AvgIpc) is 2.88. The third kappa shape index (κ3) is 2.74. The molecule has 0 radical (unpaired) electrons. The van der Waals surface area contributed by atoms with E-state index in [4.69, 9.17) is 4.42 Å². The van der Waals surface area contributed by atoms with E-state index >= 15 is 0 Å². The number of thiophene rings is 1. The van der Waals surface area contributed by atoms with Gasteiger partial charge in [-0.05, 0) is 25.4 Å². The Balaban J connectivity index is 2.29. The van der Waals surface area contributed by atoms with Crippen molar-refractivity contribution in [2.24, 2.45) is 0 Å². The molecule has 0 spiro atoms. The van der Waals surface area contributed by atoms with Crippen LogP contribution in [0, 0.1) is 6.92 Å². The van der Waals surface area contributed by atoms with Crippen molar-refractivity contribution in [2.45, 2.75) is 18.4 Å². The van der Waals surface area contributed by atoms with Gasteiger partial charge in [-0.3, -0.25) is 4.72 Å². The monoisotopic (exact) mass is 286 g/mol. The van der Waals surface area contributed by atoms with Gasteiger partial charge in [0, 0.05) is 11.4 Å². The predicted octanol–water partition coefficient (Wildman–Crippen LogP) is 2.17. The minimum atomic E-state index is -3.58. The lowest BCUT2D eigenvalue weighted by Crippen LogP contribution is -2.12. The summed E-state index contributed by atoms with van der Waals surface area (Å²) in [5.41, 5.74) is 0.566. The van der Waals surface area contributed by atoms with E-state index < -0.39 is 10.0 Å². The van der Waals surface area contributed by atoms with Crippen LogP contribution in [0.3, 0.4) is 0 Å². The summed E-state index contributed by atoms with van der Waals surface area (Å²) >= 11 is 1.43. The Kier molecular flexibility index (Phi) is 3.74. The minimum absolute atomic E-state index is 0.180. The zero-order valence-electron chi connectivity index (χ0n) is 10.1. The van der Waals surface area contributed by atoms with Gasteiger partial charge >= 0.3 is 0 Å². The molecule has 0 saturated carbocycles. The Morgan fingerprint density at radius 2 is 2.22 bits per heavy atom. The second-order valence-electron chi connectivity index (χ2n) is 3.78. The fourth-order valence-electron chi connectivity index (χ4n) is 1.59. The van der Waals surface area contributed by atoms with Gasteiger partial charge in [-0.2, -0.15) is 11.3 Å². The second kappa shape index (κ2) is 5.13. The van der Waals surface area contributed by atoms with Gasteiger partial charge in [0.2, 0.25) is 0 Å². The second-order valence-corrected chi connectivity index (χ2v) is 6.21. The van der Waals surface area contributed by atoms with E-state index in [1.807, 2.05) is 5.38 Å². The first-order valence-electron chi connectivity index (χ1n) is 5.32. The molecule has 0 aliphatic rings. The number of anilines is 1. The van der Waals surface area contributed by atoms with E-state index in [0.717, 1.165) is 0 Å². The van der Waals surface area contributed by atoms with E-state index in [1.165, 1.54) is 11.3 Å². The molecule has 0 aliphatic carbocycles. The van der Waals surface area contributed by atoms with Crippen LogP contribution >= 0.6 is 11.3 Å². The summed E-state index contributed by atoms with van der Waals surface area (Å²) < 4.78 is 32.2. The molecule has 0 atom stereocenters. The van der Waals surface area contributed by atoms with Gasteiger partial charge in [-0.1, -0.05) is 0 Å². The fraction of sp³-hybridized carbons (Fsp3) is 0.273. The molecule has 18 heavy (non-hydrogen) atoms. The van der Waals surface area contributed by atoms with Crippen molar-refractivity contribution in [1.29, 1.82) is 0 Å². The summed E-state index contributed by atoms with van der Waals surface area (Å²) in [5, 5.41) is 6.46. The molecular weight excluding hydrogens is 272 g/mol. The number of aryl methyl sites for hydroxylation is 1. The molecule has 0 amide bonds. The molecule has 2 rings (SSSR count). The maximum absolute atomic E-state index is 12.2. The third-order valence-corrected chi connectivity index (χ3v) is 4.51. The average molecular weight is 286 g/mol. The molecule has 0 unspecified atom stereocenters. The Morgan fingerprint density at radius 3 is 2.83 bits per heavy atom. The lowest BCUT2D eigenvalue weighted by molar-refractivity contribution is 0.466. The molecule has 2 aromatic heterocycles. The highest BCUT2D eigenvalue weighted by molar-refractivity contribution is 7.92. The van der Waals surface area contributed by atoms with Crippen LogP contribution in [0.5, 0.6) is 0 Å². The van der Waals surface area contributed by atoms with Crippen molar-refractivity contribution in [3.8, 4) is 0 Å². The van der Waals surface area contributed by atoms with Crippen LogP contribution < -0.4 is 10.0 Å². The topological polar surface area (TPSA) is 71.3 Å². The Morgan fingerprint density at radius 1 is 1.44 bits per heavy atom. The number of hydrogen-bond acceptors (Lipinski definition) is 5. The van der Waals surface area contributed by atoms with Gasteiger partial charge in [0.15, 0.2) is 0 Å². The van der Waals surface area contributed by atoms with Crippen LogP contribution in [-0.4, -0.2) is 15.5 Å². The maximum atomic E-state index is 12.2. The van der Waals surface area contributed by atoms with Gasteiger partial charge in [0.05, 0.1) is 12.2 Å². The molecule has 2 N–H and O–H groups in total. The number of furan rings is 1. The van der Waals surface area contributed by atoms with Gasteiger partial charge in [-0.15, -0.1) is 0 Å². The van der Waals surface area contributed by atoms with E-state index in [2.05, 4.69) is 10.0 Å². The van der Waals surface area contributed by atoms with Crippen molar-refractivity contribution >= 4 is 27.0 Å². The van der Waals surface area contributed by atoms with Crippen molar-refractivity contribution in [3.63, 3.8) is 0 Å². The third-order valence-electron chi connectivity index (χ3n) is 2.34. The molecule has 0 aromatic carbocycles. The summed E-state index contributed by atoms with van der Waals surface area (Å²) in [6, 6.07) is 3.26. The highest BCUT2D eigenvalue weighted by Crippen LogP contribution is 2.23. The molecule has 2 heterocycles. The summed E-state index contributed by atoms with van der Waals surface area (Å²) in [4.78, 5) is 0.180. The summed E-state index contributed by atoms with van der Waals surface area (Å²) in [6.45, 7) is 2.14. The predicted molar refractivity (Wildman–Crippen MR) is 71.3 cm³/mol. The molecule has 7 heteroatoms. The number of hydrogen-bond donors (Lipinski definition) is 2. The molecular formula is C11H14N2O3S2. The Bertz CT molecular complexity index is 615. The number of sulfonamides is 1. The van der Waals surface area contributed by atoms with Gasteiger partial charge in [0.25, 0.3) is 10.0 Å². The lowest BCUT2D eigenvalue weighted by atomic mass is 10.4. The summed E-state index contributed by atoms with van der Waals surface area (Å²) in [5.74, 6) is 0.990. The zero-order chi connectivity index (χ0) is 13.2. The van der Waals surface area contributed by atoms with Crippen LogP contribution in [0.4, 0.5) is 5.69 Å². The Hall–Kier alpha value is -1.31. The Labute approximate surface area is 110 Å². The molecule has 0 aliphatic heterocycles. The van der Waals surface area contributed by atoms with E-state index in [9.17, 15) is 8.42 Å². The SMILES string of the molecule is CNCc1cc(S(=O)(=O)Nc2ccsc2)c(C)o1. The van der Waals surface area contributed by atoms with Crippen LogP contribution in [0.1, 0.15) is 11.5 Å². The van der Waals surface area contributed by atoms with Crippen LogP contribution in [0.15, 0.2) is 32.2 Å². The normalized spacial score (nSPS) is 11.7. The summed E-state index contributed by atoms with van der Waals surface area (Å²) in [6.07, 6.45) is 0. The molecule has 5 nitrogen and oxygen atoms in total. The number of rotatable bonds is 5. The van der Waals surface area contributed by atoms with Crippen LogP contribution in [0.25, 0.3) is 0 Å². The molecule has 0 bridgehead atoms. The largest absolute Gasteiger partial charge is 0.464 e. The first kappa shape index (κ1) is 13.1. The van der Waals surface area contributed by atoms with Crippen molar-refractivity contribution in [2.75, 3.05) is 11.8 Å². The first-order chi connectivity index (χ1) is 8.53. The van der Waals surface area contributed by atoms with Gasteiger partial charge in [0.1, 0.15) is 16.4 Å². The van der Waals surface area contributed by atoms with Gasteiger partial charge < -0.3 is 9.73 Å². The smallest absolute Gasteiger partial charge is 0.265 e. The van der Waals surface area contributed by atoms with Crippen molar-refractivity contribution < 1.29 is 12.8 Å². The highest BCUT2D eigenvalue weighted by Gasteiger charge is 2.21. The number of nitrogens with one attached hydrogen (secondary N) is 2. The van der Waals surface area contributed by atoms with Crippen molar-refractivity contribution in [3.05, 3.63) is 34.4 Å². The maximum Gasteiger partial charge on any atom is 0.265 e. The minimum Gasteiger partial charge on any atom is -0.464 e. The quantitative estimate of drug-likeness (QED) is 0.883. The zero-order valence-corrected chi connectivity index (χ0v) is 11.7.